The molecular formula is C18H29N. The van der Waals surface area contributed by atoms with E-state index >= 15 is 0 Å². The lowest BCUT2D eigenvalue weighted by Gasteiger charge is -2.27. The van der Waals surface area contributed by atoms with Crippen LogP contribution < -0.4 is 5.32 Å². The minimum absolute atomic E-state index is 0.700. The molecule has 0 bridgehead atoms. The Hall–Kier alpha value is -0.820. The first-order chi connectivity index (χ1) is 9.33. The van der Waals surface area contributed by atoms with Crippen molar-refractivity contribution in [2.75, 3.05) is 6.54 Å². The summed E-state index contributed by atoms with van der Waals surface area (Å²) in [5, 5.41) is 3.82. The van der Waals surface area contributed by atoms with Gasteiger partial charge in [0.25, 0.3) is 0 Å². The first kappa shape index (κ1) is 14.6. The Morgan fingerprint density at radius 3 is 2.74 bits per heavy atom. The third kappa shape index (κ3) is 4.35. The van der Waals surface area contributed by atoms with Crippen LogP contribution in [0, 0.1) is 5.92 Å². The zero-order valence-electron chi connectivity index (χ0n) is 12.6. The average molecular weight is 259 g/mol. The van der Waals surface area contributed by atoms with Crippen molar-refractivity contribution in [3.8, 4) is 0 Å². The maximum Gasteiger partial charge on any atom is 0.0111 e. The summed E-state index contributed by atoms with van der Waals surface area (Å²) in [7, 11) is 0. The van der Waals surface area contributed by atoms with Gasteiger partial charge in [-0.3, -0.25) is 0 Å². The van der Waals surface area contributed by atoms with Crippen LogP contribution in [0.3, 0.4) is 0 Å². The van der Waals surface area contributed by atoms with E-state index in [1.807, 2.05) is 0 Å². The van der Waals surface area contributed by atoms with Gasteiger partial charge < -0.3 is 5.32 Å². The number of hydrogen-bond donors (Lipinski definition) is 1. The van der Waals surface area contributed by atoms with Crippen LogP contribution in [-0.4, -0.2) is 12.6 Å². The Bertz CT molecular complexity index is 372. The van der Waals surface area contributed by atoms with Gasteiger partial charge in [0.1, 0.15) is 0 Å². The molecular weight excluding hydrogens is 230 g/mol. The highest BCUT2D eigenvalue weighted by atomic mass is 14.9. The predicted molar refractivity (Wildman–Crippen MR) is 83.6 cm³/mol. The van der Waals surface area contributed by atoms with Crippen LogP contribution >= 0.6 is 0 Å². The third-order valence-electron chi connectivity index (χ3n) is 4.59. The van der Waals surface area contributed by atoms with E-state index in [0.717, 1.165) is 5.92 Å². The molecule has 0 heterocycles. The molecule has 0 spiro atoms. The fourth-order valence-electron chi connectivity index (χ4n) is 3.15. The molecule has 1 aromatic rings. The second-order valence-electron chi connectivity index (χ2n) is 6.03. The molecule has 2 rings (SSSR count). The van der Waals surface area contributed by atoms with Crippen molar-refractivity contribution in [2.45, 2.75) is 64.8 Å². The summed E-state index contributed by atoms with van der Waals surface area (Å²) in [6.07, 6.45) is 9.20. The van der Waals surface area contributed by atoms with Crippen molar-refractivity contribution in [3.63, 3.8) is 0 Å². The average Bonchev–Trinajstić information content (AvgIpc) is 2.47. The van der Waals surface area contributed by atoms with Crippen LogP contribution in [0.5, 0.6) is 0 Å². The fourth-order valence-corrected chi connectivity index (χ4v) is 3.15. The Labute approximate surface area is 118 Å². The lowest BCUT2D eigenvalue weighted by atomic mass is 9.88. The Morgan fingerprint density at radius 1 is 1.21 bits per heavy atom. The summed E-state index contributed by atoms with van der Waals surface area (Å²) < 4.78 is 0. The van der Waals surface area contributed by atoms with E-state index in [1.165, 1.54) is 51.5 Å². The maximum atomic E-state index is 3.82. The second-order valence-corrected chi connectivity index (χ2v) is 6.03. The molecule has 0 aliphatic heterocycles. The first-order valence-electron chi connectivity index (χ1n) is 8.13. The number of fused-ring (bicyclic) bond motifs is 1. The van der Waals surface area contributed by atoms with Crippen LogP contribution in [0.4, 0.5) is 0 Å². The second kappa shape index (κ2) is 7.69. The summed E-state index contributed by atoms with van der Waals surface area (Å²) in [5.74, 6) is 0.872. The summed E-state index contributed by atoms with van der Waals surface area (Å²) in [5.41, 5.74) is 3.13. The van der Waals surface area contributed by atoms with E-state index in [4.69, 9.17) is 0 Å². The Kier molecular flexibility index (Phi) is 5.91. The SMILES string of the molecule is CCCCC(CC)CNC1CCc2ccccc2C1. The van der Waals surface area contributed by atoms with Gasteiger partial charge in [-0.1, -0.05) is 57.4 Å². The molecule has 1 aromatic carbocycles. The summed E-state index contributed by atoms with van der Waals surface area (Å²) in [4.78, 5) is 0. The van der Waals surface area contributed by atoms with Crippen molar-refractivity contribution in [2.24, 2.45) is 5.92 Å². The van der Waals surface area contributed by atoms with Crippen LogP contribution in [0.1, 0.15) is 57.1 Å². The van der Waals surface area contributed by atoms with Crippen molar-refractivity contribution in [3.05, 3.63) is 35.4 Å². The molecule has 0 amide bonds. The molecule has 2 atom stereocenters. The zero-order chi connectivity index (χ0) is 13.5. The van der Waals surface area contributed by atoms with Gasteiger partial charge in [-0.05, 0) is 49.3 Å². The predicted octanol–water partition coefficient (Wildman–Crippen LogP) is 4.35. The first-order valence-corrected chi connectivity index (χ1v) is 8.13. The Morgan fingerprint density at radius 2 is 2.00 bits per heavy atom. The lowest BCUT2D eigenvalue weighted by molar-refractivity contribution is 0.370. The van der Waals surface area contributed by atoms with Crippen molar-refractivity contribution in [1.29, 1.82) is 0 Å². The number of nitrogens with one attached hydrogen (secondary N) is 1. The van der Waals surface area contributed by atoms with Gasteiger partial charge in [-0.15, -0.1) is 0 Å². The molecule has 1 nitrogen and oxygen atoms in total. The summed E-state index contributed by atoms with van der Waals surface area (Å²) in [6.45, 7) is 5.83. The third-order valence-corrected chi connectivity index (χ3v) is 4.59. The van der Waals surface area contributed by atoms with Crippen LogP contribution in [0.25, 0.3) is 0 Å². The standard InChI is InChI=1S/C18H29N/c1-3-5-8-15(4-2)14-19-18-12-11-16-9-6-7-10-17(16)13-18/h6-7,9-10,15,18-19H,3-5,8,11-14H2,1-2H3. The highest BCUT2D eigenvalue weighted by Crippen LogP contribution is 2.21. The molecule has 106 valence electrons. The van der Waals surface area contributed by atoms with E-state index < -0.39 is 0 Å². The summed E-state index contributed by atoms with van der Waals surface area (Å²) in [6, 6.07) is 9.65. The van der Waals surface area contributed by atoms with Gasteiger partial charge in [-0.2, -0.15) is 0 Å². The smallest absolute Gasteiger partial charge is 0.0111 e. The molecule has 1 N–H and O–H groups in total. The molecule has 0 fully saturated rings. The number of hydrogen-bond acceptors (Lipinski definition) is 1. The number of rotatable bonds is 7. The van der Waals surface area contributed by atoms with E-state index in [-0.39, 0.29) is 0 Å². The zero-order valence-corrected chi connectivity index (χ0v) is 12.6. The van der Waals surface area contributed by atoms with E-state index in [0.29, 0.717) is 6.04 Å². The molecule has 1 aliphatic rings. The monoisotopic (exact) mass is 259 g/mol. The molecule has 0 radical (unpaired) electrons. The van der Waals surface area contributed by atoms with Crippen molar-refractivity contribution < 1.29 is 0 Å². The van der Waals surface area contributed by atoms with Gasteiger partial charge in [0.05, 0.1) is 0 Å². The van der Waals surface area contributed by atoms with Crippen molar-refractivity contribution >= 4 is 0 Å². The van der Waals surface area contributed by atoms with Gasteiger partial charge >= 0.3 is 0 Å². The van der Waals surface area contributed by atoms with Crippen LogP contribution in [0.2, 0.25) is 0 Å². The van der Waals surface area contributed by atoms with E-state index in [2.05, 4.69) is 43.4 Å². The summed E-state index contributed by atoms with van der Waals surface area (Å²) >= 11 is 0. The fraction of sp³-hybridized carbons (Fsp3) is 0.667. The minimum Gasteiger partial charge on any atom is -0.313 e. The normalized spacial score (nSPS) is 20.0. The Balaban J connectivity index is 1.78. The topological polar surface area (TPSA) is 12.0 Å². The van der Waals surface area contributed by atoms with Crippen LogP contribution in [-0.2, 0) is 12.8 Å². The minimum atomic E-state index is 0.700. The molecule has 1 heteroatoms. The van der Waals surface area contributed by atoms with Gasteiger partial charge in [-0.25, -0.2) is 0 Å². The highest BCUT2D eigenvalue weighted by Gasteiger charge is 2.18. The van der Waals surface area contributed by atoms with Gasteiger partial charge in [0, 0.05) is 6.04 Å². The quantitative estimate of drug-likeness (QED) is 0.767. The van der Waals surface area contributed by atoms with Crippen LogP contribution in [0.15, 0.2) is 24.3 Å². The number of unbranched alkanes of at least 4 members (excludes halogenated alkanes) is 1. The maximum absolute atomic E-state index is 3.82. The number of aryl methyl sites for hydroxylation is 1. The molecule has 1 aliphatic carbocycles. The molecule has 0 saturated carbocycles. The van der Waals surface area contributed by atoms with Gasteiger partial charge in [0.2, 0.25) is 0 Å². The number of benzene rings is 1. The van der Waals surface area contributed by atoms with E-state index in [9.17, 15) is 0 Å². The lowest BCUT2D eigenvalue weighted by Crippen LogP contribution is -2.37. The molecule has 0 saturated heterocycles. The largest absolute Gasteiger partial charge is 0.313 e. The van der Waals surface area contributed by atoms with E-state index in [1.54, 1.807) is 11.1 Å². The highest BCUT2D eigenvalue weighted by molar-refractivity contribution is 5.30. The van der Waals surface area contributed by atoms with Crippen molar-refractivity contribution in [1.82, 2.24) is 5.32 Å². The molecule has 2 unspecified atom stereocenters. The molecule has 0 aromatic heterocycles. The molecule has 19 heavy (non-hydrogen) atoms. The van der Waals surface area contributed by atoms with Gasteiger partial charge in [0.15, 0.2) is 0 Å².